The summed E-state index contributed by atoms with van der Waals surface area (Å²) in [4.78, 5) is 12.9. The monoisotopic (exact) mass is 408 g/mol. The zero-order valence-electron chi connectivity index (χ0n) is 13.5. The highest BCUT2D eigenvalue weighted by molar-refractivity contribution is 7.99. The Morgan fingerprint density at radius 3 is 2.67 bits per heavy atom. The second-order valence-corrected chi connectivity index (χ2v) is 7.50. The Hall–Kier alpha value is -2.59. The number of hydrogen-bond donors (Lipinski definition) is 1. The molecule has 0 fully saturated rings. The van der Waals surface area contributed by atoms with Crippen LogP contribution in [0, 0.1) is 0 Å². The first-order chi connectivity index (χ1) is 12.9. The zero-order chi connectivity index (χ0) is 19.0. The summed E-state index contributed by atoms with van der Waals surface area (Å²) in [6.07, 6.45) is -4.54. The molecule has 1 amide bonds. The minimum atomic E-state index is -4.54. The van der Waals surface area contributed by atoms with Gasteiger partial charge in [0, 0.05) is 0 Å². The Morgan fingerprint density at radius 2 is 1.85 bits per heavy atom. The standard InChI is InChI=1S/C17H11F3N4OS2/c18-17(19,20)10-5-1-2-6-11(10)21-14(25)9-26-15-22-23-16-24(15)12-7-3-4-8-13(12)27-16/h1-8H,9H2,(H,21,25). The van der Waals surface area contributed by atoms with Gasteiger partial charge in [0.2, 0.25) is 10.9 Å². The van der Waals surface area contributed by atoms with E-state index in [1.807, 2.05) is 28.7 Å². The number of rotatable bonds is 4. The summed E-state index contributed by atoms with van der Waals surface area (Å²) in [7, 11) is 0. The van der Waals surface area contributed by atoms with Crippen LogP contribution in [0.2, 0.25) is 0 Å². The van der Waals surface area contributed by atoms with Gasteiger partial charge in [-0.25, -0.2) is 0 Å². The van der Waals surface area contributed by atoms with E-state index in [0.717, 1.165) is 28.0 Å². The van der Waals surface area contributed by atoms with Crippen molar-refractivity contribution < 1.29 is 18.0 Å². The van der Waals surface area contributed by atoms with Crippen LogP contribution in [-0.2, 0) is 11.0 Å². The van der Waals surface area contributed by atoms with Gasteiger partial charge in [0.05, 0.1) is 27.2 Å². The van der Waals surface area contributed by atoms with Gasteiger partial charge < -0.3 is 5.32 Å². The fourth-order valence-electron chi connectivity index (χ4n) is 2.60. The van der Waals surface area contributed by atoms with E-state index < -0.39 is 17.6 Å². The van der Waals surface area contributed by atoms with Crippen LogP contribution >= 0.6 is 23.1 Å². The van der Waals surface area contributed by atoms with E-state index in [-0.39, 0.29) is 11.4 Å². The summed E-state index contributed by atoms with van der Waals surface area (Å²) >= 11 is 2.59. The van der Waals surface area contributed by atoms with Crippen LogP contribution in [0.5, 0.6) is 0 Å². The first-order valence-corrected chi connectivity index (χ1v) is 9.55. The number of carbonyl (C=O) groups excluding carboxylic acids is 1. The molecule has 138 valence electrons. The highest BCUT2D eigenvalue weighted by Gasteiger charge is 2.33. The smallest absolute Gasteiger partial charge is 0.325 e. The van der Waals surface area contributed by atoms with E-state index in [2.05, 4.69) is 15.5 Å². The molecule has 0 aliphatic rings. The SMILES string of the molecule is O=C(CSc1nnc2sc3ccccc3n12)Nc1ccccc1C(F)(F)F. The topological polar surface area (TPSA) is 59.3 Å². The number of halogens is 3. The number of alkyl halides is 3. The lowest BCUT2D eigenvalue weighted by atomic mass is 10.1. The van der Waals surface area contributed by atoms with Crippen LogP contribution < -0.4 is 5.32 Å². The van der Waals surface area contributed by atoms with Crippen LogP contribution in [0.25, 0.3) is 15.2 Å². The minimum Gasteiger partial charge on any atom is -0.325 e. The number of carbonyl (C=O) groups is 1. The van der Waals surface area contributed by atoms with Crippen molar-refractivity contribution in [1.29, 1.82) is 0 Å². The van der Waals surface area contributed by atoms with Gasteiger partial charge in [0.25, 0.3) is 0 Å². The van der Waals surface area contributed by atoms with Crippen LogP contribution in [0.3, 0.4) is 0 Å². The van der Waals surface area contributed by atoms with Gasteiger partial charge in [-0.2, -0.15) is 13.2 Å². The van der Waals surface area contributed by atoms with Gasteiger partial charge in [0.15, 0.2) is 5.16 Å². The third-order valence-corrected chi connectivity index (χ3v) is 5.69. The molecule has 0 spiro atoms. The van der Waals surface area contributed by atoms with E-state index in [9.17, 15) is 18.0 Å². The lowest BCUT2D eigenvalue weighted by molar-refractivity contribution is -0.137. The molecule has 4 aromatic rings. The molecule has 27 heavy (non-hydrogen) atoms. The van der Waals surface area contributed by atoms with Crippen molar-refractivity contribution in [3.05, 3.63) is 54.1 Å². The molecule has 10 heteroatoms. The lowest BCUT2D eigenvalue weighted by Crippen LogP contribution is -2.18. The van der Waals surface area contributed by atoms with Gasteiger partial charge in [-0.15, -0.1) is 10.2 Å². The van der Waals surface area contributed by atoms with E-state index >= 15 is 0 Å². The van der Waals surface area contributed by atoms with E-state index in [1.54, 1.807) is 0 Å². The second kappa shape index (κ2) is 6.86. The molecule has 0 bridgehead atoms. The van der Waals surface area contributed by atoms with Crippen molar-refractivity contribution in [2.24, 2.45) is 0 Å². The predicted molar refractivity (Wildman–Crippen MR) is 99.2 cm³/mol. The Bertz CT molecular complexity index is 1140. The maximum atomic E-state index is 13.0. The minimum absolute atomic E-state index is 0.0862. The highest BCUT2D eigenvalue weighted by atomic mass is 32.2. The molecular formula is C17H11F3N4OS2. The molecular weight excluding hydrogens is 397 g/mol. The van der Waals surface area contributed by atoms with Gasteiger partial charge in [-0.3, -0.25) is 9.20 Å². The van der Waals surface area contributed by atoms with Crippen LogP contribution in [0.4, 0.5) is 18.9 Å². The number of amides is 1. The summed E-state index contributed by atoms with van der Waals surface area (Å²) < 4.78 is 41.9. The number of benzene rings is 2. The number of anilines is 1. The third kappa shape index (κ3) is 3.50. The molecule has 1 N–H and O–H groups in total. The zero-order valence-corrected chi connectivity index (χ0v) is 15.2. The van der Waals surface area contributed by atoms with Crippen molar-refractivity contribution in [2.75, 3.05) is 11.1 Å². The number of hydrogen-bond acceptors (Lipinski definition) is 5. The van der Waals surface area contributed by atoms with Crippen LogP contribution in [-0.4, -0.2) is 26.3 Å². The average molecular weight is 408 g/mol. The van der Waals surface area contributed by atoms with Gasteiger partial charge in [-0.05, 0) is 24.3 Å². The molecule has 0 saturated carbocycles. The first kappa shape index (κ1) is 17.8. The maximum absolute atomic E-state index is 13.0. The van der Waals surface area contributed by atoms with Gasteiger partial charge in [0.1, 0.15) is 0 Å². The first-order valence-electron chi connectivity index (χ1n) is 7.75. The number of thioether (sulfide) groups is 1. The van der Waals surface area contributed by atoms with Crippen molar-refractivity contribution in [3.8, 4) is 0 Å². The van der Waals surface area contributed by atoms with Gasteiger partial charge in [-0.1, -0.05) is 47.4 Å². The Balaban J connectivity index is 1.52. The summed E-state index contributed by atoms with van der Waals surface area (Å²) in [6.45, 7) is 0. The average Bonchev–Trinajstić information content (AvgIpc) is 3.18. The van der Waals surface area contributed by atoms with Crippen molar-refractivity contribution in [1.82, 2.24) is 14.6 Å². The molecule has 0 saturated heterocycles. The number of para-hydroxylation sites is 2. The lowest BCUT2D eigenvalue weighted by Gasteiger charge is -2.13. The molecule has 0 atom stereocenters. The molecule has 2 aromatic heterocycles. The Morgan fingerprint density at radius 1 is 1.11 bits per heavy atom. The summed E-state index contributed by atoms with van der Waals surface area (Å²) in [6, 6.07) is 12.6. The fourth-order valence-corrected chi connectivity index (χ4v) is 4.37. The fraction of sp³-hybridized carbons (Fsp3) is 0.118. The molecule has 2 aromatic carbocycles. The van der Waals surface area contributed by atoms with Crippen LogP contribution in [0.1, 0.15) is 5.56 Å². The summed E-state index contributed by atoms with van der Waals surface area (Å²) in [5.41, 5.74) is -0.215. The predicted octanol–water partition coefficient (Wildman–Crippen LogP) is 4.69. The maximum Gasteiger partial charge on any atom is 0.418 e. The van der Waals surface area contributed by atoms with Crippen molar-refractivity contribution >= 4 is 49.9 Å². The third-order valence-electron chi connectivity index (χ3n) is 3.75. The number of thiazole rings is 1. The molecule has 0 radical (unpaired) electrons. The van der Waals surface area contributed by atoms with E-state index in [0.29, 0.717) is 10.1 Å². The van der Waals surface area contributed by atoms with Crippen LogP contribution in [0.15, 0.2) is 53.7 Å². The number of aromatic nitrogens is 3. The van der Waals surface area contributed by atoms with Crippen molar-refractivity contribution in [3.63, 3.8) is 0 Å². The molecule has 0 aliphatic carbocycles. The second-order valence-electron chi connectivity index (χ2n) is 5.55. The molecule has 2 heterocycles. The Labute approximate surface area is 159 Å². The summed E-state index contributed by atoms with van der Waals surface area (Å²) in [5, 5.41) is 11.0. The largest absolute Gasteiger partial charge is 0.418 e. The highest BCUT2D eigenvalue weighted by Crippen LogP contribution is 2.35. The molecule has 0 unspecified atom stereocenters. The van der Waals surface area contributed by atoms with E-state index in [4.69, 9.17) is 0 Å². The molecule has 4 rings (SSSR count). The van der Waals surface area contributed by atoms with Gasteiger partial charge >= 0.3 is 6.18 Å². The number of nitrogens with one attached hydrogen (secondary N) is 1. The number of nitrogens with zero attached hydrogens (tertiary/aromatic N) is 3. The normalized spacial score (nSPS) is 12.0. The van der Waals surface area contributed by atoms with E-state index in [1.165, 1.54) is 29.5 Å². The Kier molecular flexibility index (Phi) is 4.52. The quantitative estimate of drug-likeness (QED) is 0.498. The molecule has 0 aliphatic heterocycles. The number of fused-ring (bicyclic) bond motifs is 3. The molecule has 5 nitrogen and oxygen atoms in total. The van der Waals surface area contributed by atoms with Crippen molar-refractivity contribution in [2.45, 2.75) is 11.3 Å². The summed E-state index contributed by atoms with van der Waals surface area (Å²) in [5.74, 6) is -0.634.